The van der Waals surface area contributed by atoms with E-state index >= 15 is 0 Å². The highest BCUT2D eigenvalue weighted by atomic mass is 16.5. The summed E-state index contributed by atoms with van der Waals surface area (Å²) in [6.45, 7) is 6.01. The Kier molecular flexibility index (Phi) is 5.11. The van der Waals surface area contributed by atoms with Crippen LogP contribution in [0.15, 0.2) is 30.9 Å². The zero-order valence-electron chi connectivity index (χ0n) is 14.7. The van der Waals surface area contributed by atoms with Crippen molar-refractivity contribution in [2.75, 3.05) is 13.2 Å². The van der Waals surface area contributed by atoms with Crippen LogP contribution < -0.4 is 5.32 Å². The molecule has 2 N–H and O–H groups in total. The van der Waals surface area contributed by atoms with Crippen molar-refractivity contribution in [2.24, 2.45) is 11.8 Å². The van der Waals surface area contributed by atoms with Crippen LogP contribution >= 0.6 is 0 Å². The van der Waals surface area contributed by atoms with E-state index in [-0.39, 0.29) is 36.4 Å². The number of rotatable bonds is 6. The molecule has 3 aliphatic carbocycles. The van der Waals surface area contributed by atoms with E-state index in [0.29, 0.717) is 12.1 Å². The monoisotopic (exact) mass is 357 g/mol. The summed E-state index contributed by atoms with van der Waals surface area (Å²) in [7, 11) is 0. The molecule has 3 aliphatic rings. The van der Waals surface area contributed by atoms with Crippen molar-refractivity contribution in [3.05, 3.63) is 42.0 Å². The molecule has 0 heterocycles. The van der Waals surface area contributed by atoms with Gasteiger partial charge in [-0.05, 0) is 29.7 Å². The molecule has 26 heavy (non-hydrogen) atoms. The van der Waals surface area contributed by atoms with Gasteiger partial charge in [-0.1, -0.05) is 25.6 Å². The number of amides is 1. The summed E-state index contributed by atoms with van der Waals surface area (Å²) in [5, 5.41) is 12.7. The Labute approximate surface area is 152 Å². The van der Waals surface area contributed by atoms with Gasteiger partial charge in [-0.3, -0.25) is 14.4 Å². The van der Waals surface area contributed by atoms with Gasteiger partial charge in [0.25, 0.3) is 0 Å². The lowest BCUT2D eigenvalue weighted by Crippen LogP contribution is -2.53. The van der Waals surface area contributed by atoms with Crippen LogP contribution in [0.3, 0.4) is 0 Å². The zero-order valence-corrected chi connectivity index (χ0v) is 14.7. The second-order valence-electron chi connectivity index (χ2n) is 6.83. The summed E-state index contributed by atoms with van der Waals surface area (Å²) in [4.78, 5) is 38.2. The Hall–Kier alpha value is -2.63. The molecule has 1 aromatic rings. The predicted octanol–water partition coefficient (Wildman–Crippen LogP) is 2.03. The summed E-state index contributed by atoms with van der Waals surface area (Å²) in [6, 6.07) is 4.83. The van der Waals surface area contributed by atoms with Crippen LogP contribution in [0.4, 0.5) is 0 Å². The smallest absolute Gasteiger partial charge is 0.311 e. The molecule has 1 saturated carbocycles. The molecule has 6 nitrogen and oxygen atoms in total. The topological polar surface area (TPSA) is 92.7 Å². The van der Waals surface area contributed by atoms with Gasteiger partial charge in [0.2, 0.25) is 5.91 Å². The number of phenolic OH excluding ortho intramolecular Hbond substituents is 1. The quantitative estimate of drug-likeness (QED) is 0.600. The lowest BCUT2D eigenvalue weighted by molar-refractivity contribution is -0.158. The lowest BCUT2D eigenvalue weighted by Gasteiger charge is -2.46. The summed E-state index contributed by atoms with van der Waals surface area (Å²) in [5.74, 6) is -3.54. The van der Waals surface area contributed by atoms with E-state index in [0.717, 1.165) is 12.0 Å². The SMILES string of the molecule is C=CCOC(=O)[C@H]1[C@H](C(=O)NCCC)C2CC(=O)[C@H]1c1cc(O)ccc12. The van der Waals surface area contributed by atoms with Gasteiger partial charge in [0, 0.05) is 18.9 Å². The van der Waals surface area contributed by atoms with E-state index in [1.165, 1.54) is 12.1 Å². The van der Waals surface area contributed by atoms with Crippen molar-refractivity contribution in [1.82, 2.24) is 5.32 Å². The minimum absolute atomic E-state index is 0.0249. The molecule has 1 amide bonds. The van der Waals surface area contributed by atoms with Crippen LogP contribution in [0.25, 0.3) is 0 Å². The van der Waals surface area contributed by atoms with Crippen LogP contribution in [0, 0.1) is 11.8 Å². The van der Waals surface area contributed by atoms with Crippen molar-refractivity contribution in [1.29, 1.82) is 0 Å². The molecule has 1 fully saturated rings. The fourth-order valence-electron chi connectivity index (χ4n) is 4.20. The molecule has 0 aliphatic heterocycles. The van der Waals surface area contributed by atoms with Gasteiger partial charge in [-0.25, -0.2) is 0 Å². The molecule has 0 saturated heterocycles. The highest BCUT2D eigenvalue weighted by Gasteiger charge is 2.57. The third-order valence-corrected chi connectivity index (χ3v) is 5.22. The standard InChI is InChI=1S/C20H23NO5/c1-3-7-21-19(24)17-14-10-15(23)16(18(17)20(25)26-8-4-2)13-9-11(22)5-6-12(13)14/h4-6,9,14,16-18,22H,2-3,7-8,10H2,1H3,(H,21,24)/t14?,16-,17-,18-/m1/s1. The van der Waals surface area contributed by atoms with Crippen LogP contribution in [-0.2, 0) is 19.1 Å². The largest absolute Gasteiger partial charge is 0.508 e. The first kappa shape index (κ1) is 18.2. The minimum Gasteiger partial charge on any atom is -0.508 e. The number of carbonyl (C=O) groups is 3. The highest BCUT2D eigenvalue weighted by molar-refractivity contribution is 6.00. The average Bonchev–Trinajstić information content (AvgIpc) is 2.63. The maximum absolute atomic E-state index is 12.8. The molecule has 0 radical (unpaired) electrons. The molecule has 0 spiro atoms. The van der Waals surface area contributed by atoms with Gasteiger partial charge in [0.05, 0.1) is 17.8 Å². The third kappa shape index (κ3) is 3.00. The maximum atomic E-state index is 12.8. The van der Waals surface area contributed by atoms with E-state index in [1.54, 1.807) is 12.1 Å². The van der Waals surface area contributed by atoms with Gasteiger partial charge in [-0.15, -0.1) is 0 Å². The van der Waals surface area contributed by atoms with Crippen molar-refractivity contribution in [3.63, 3.8) is 0 Å². The minimum atomic E-state index is -0.882. The number of benzene rings is 1. The van der Waals surface area contributed by atoms with Crippen LogP contribution in [0.5, 0.6) is 5.75 Å². The van der Waals surface area contributed by atoms with E-state index in [2.05, 4.69) is 11.9 Å². The predicted molar refractivity (Wildman–Crippen MR) is 94.6 cm³/mol. The number of ether oxygens (including phenoxy) is 1. The maximum Gasteiger partial charge on any atom is 0.311 e. The first-order valence-corrected chi connectivity index (χ1v) is 8.90. The number of aromatic hydroxyl groups is 1. The molecular formula is C20H23NO5. The molecule has 138 valence electrons. The van der Waals surface area contributed by atoms with Crippen LogP contribution in [0.2, 0.25) is 0 Å². The number of fused-ring (bicyclic) bond motifs is 2. The molecule has 0 aromatic heterocycles. The Bertz CT molecular complexity index is 757. The fraction of sp³-hybridized carbons (Fsp3) is 0.450. The number of carbonyl (C=O) groups excluding carboxylic acids is 3. The average molecular weight is 357 g/mol. The molecule has 1 aromatic carbocycles. The molecule has 1 unspecified atom stereocenters. The summed E-state index contributed by atoms with van der Waals surface area (Å²) in [6.07, 6.45) is 2.45. The van der Waals surface area contributed by atoms with Gasteiger partial charge in [0.15, 0.2) is 0 Å². The Balaban J connectivity index is 2.05. The van der Waals surface area contributed by atoms with E-state index in [9.17, 15) is 19.5 Å². The number of hydrogen-bond acceptors (Lipinski definition) is 5. The second-order valence-corrected chi connectivity index (χ2v) is 6.83. The van der Waals surface area contributed by atoms with Crippen LogP contribution in [-0.4, -0.2) is 35.9 Å². The van der Waals surface area contributed by atoms with Gasteiger partial charge < -0.3 is 15.2 Å². The van der Waals surface area contributed by atoms with Crippen LogP contribution in [0.1, 0.15) is 42.7 Å². The summed E-state index contributed by atoms with van der Waals surface area (Å²) >= 11 is 0. The van der Waals surface area contributed by atoms with E-state index in [4.69, 9.17) is 4.74 Å². The number of nitrogens with one attached hydrogen (secondary N) is 1. The normalized spacial score (nSPS) is 26.1. The summed E-state index contributed by atoms with van der Waals surface area (Å²) in [5.41, 5.74) is 1.49. The molecular weight excluding hydrogens is 334 g/mol. The third-order valence-electron chi connectivity index (χ3n) is 5.22. The highest BCUT2D eigenvalue weighted by Crippen LogP contribution is 2.55. The van der Waals surface area contributed by atoms with Crippen molar-refractivity contribution in [2.45, 2.75) is 31.6 Å². The Morgan fingerprint density at radius 1 is 1.35 bits per heavy atom. The van der Waals surface area contributed by atoms with Crippen molar-refractivity contribution < 1.29 is 24.2 Å². The summed E-state index contributed by atoms with van der Waals surface area (Å²) < 4.78 is 5.21. The first-order chi connectivity index (χ1) is 12.5. The van der Waals surface area contributed by atoms with E-state index in [1.807, 2.05) is 6.92 Å². The number of hydrogen-bond donors (Lipinski definition) is 2. The molecule has 2 bridgehead atoms. The van der Waals surface area contributed by atoms with Gasteiger partial charge in [-0.2, -0.15) is 0 Å². The molecule has 6 heteroatoms. The fourth-order valence-corrected chi connectivity index (χ4v) is 4.20. The Morgan fingerprint density at radius 3 is 2.81 bits per heavy atom. The van der Waals surface area contributed by atoms with Gasteiger partial charge in [0.1, 0.15) is 18.1 Å². The van der Waals surface area contributed by atoms with Crippen molar-refractivity contribution in [3.8, 4) is 5.75 Å². The first-order valence-electron chi connectivity index (χ1n) is 8.90. The lowest BCUT2D eigenvalue weighted by atomic mass is 9.55. The zero-order chi connectivity index (χ0) is 18.8. The van der Waals surface area contributed by atoms with Crippen molar-refractivity contribution >= 4 is 17.7 Å². The van der Waals surface area contributed by atoms with Gasteiger partial charge >= 0.3 is 5.97 Å². The van der Waals surface area contributed by atoms with E-state index < -0.39 is 23.7 Å². The number of esters is 1. The Morgan fingerprint density at radius 2 is 2.12 bits per heavy atom. The second kappa shape index (κ2) is 7.32. The molecule has 4 atom stereocenters. The number of phenols is 1. The number of Topliss-reactive ketones (excluding diaryl/α,β-unsaturated/α-hetero) is 1. The molecule has 4 rings (SSSR count). The number of ketones is 1.